The minimum Gasteiger partial charge on any atom is -0.492 e. The fraction of sp³-hybridized carbons (Fsp3) is 0.235. The van der Waals surface area contributed by atoms with E-state index in [1.807, 2.05) is 48.5 Å². The van der Waals surface area contributed by atoms with Crippen LogP contribution in [-0.2, 0) is 4.79 Å². The van der Waals surface area contributed by atoms with Crippen LogP contribution in [0.15, 0.2) is 54.6 Å². The molecule has 0 spiro atoms. The maximum Gasteiger partial charge on any atom is 0.264 e. The zero-order valence-electron chi connectivity index (χ0n) is 12.0. The largest absolute Gasteiger partial charge is 0.492 e. The van der Waals surface area contributed by atoms with Crippen molar-refractivity contribution in [2.45, 2.75) is 6.10 Å². The molecular formula is C17H17NO4. The maximum absolute atomic E-state index is 12.0. The topological polar surface area (TPSA) is 56.8 Å². The smallest absolute Gasteiger partial charge is 0.264 e. The molecule has 1 aliphatic heterocycles. The van der Waals surface area contributed by atoms with Crippen molar-refractivity contribution in [1.29, 1.82) is 0 Å². The second-order valence-electron chi connectivity index (χ2n) is 4.82. The number of carbonyl (C=O) groups is 1. The molecule has 2 aromatic rings. The number of benzene rings is 2. The molecule has 0 aromatic heterocycles. The summed E-state index contributed by atoms with van der Waals surface area (Å²) in [5.74, 6) is 1.84. The van der Waals surface area contributed by atoms with Gasteiger partial charge < -0.3 is 19.5 Å². The van der Waals surface area contributed by atoms with Crippen LogP contribution in [-0.4, -0.2) is 31.8 Å². The Balaban J connectivity index is 1.43. The van der Waals surface area contributed by atoms with E-state index in [0.717, 1.165) is 5.75 Å². The summed E-state index contributed by atoms with van der Waals surface area (Å²) in [6.07, 6.45) is -0.633. The molecule has 1 N–H and O–H groups in total. The molecule has 5 heteroatoms. The Hall–Kier alpha value is -2.69. The molecule has 0 radical (unpaired) electrons. The molecular weight excluding hydrogens is 282 g/mol. The number of fused-ring (bicyclic) bond motifs is 1. The average molecular weight is 299 g/mol. The highest BCUT2D eigenvalue weighted by atomic mass is 16.6. The number of amides is 1. The van der Waals surface area contributed by atoms with Crippen molar-refractivity contribution in [3.8, 4) is 17.2 Å². The minimum atomic E-state index is -0.633. The fourth-order valence-corrected chi connectivity index (χ4v) is 2.12. The third kappa shape index (κ3) is 3.49. The fourth-order valence-electron chi connectivity index (χ4n) is 2.12. The molecule has 22 heavy (non-hydrogen) atoms. The molecule has 1 amide bonds. The van der Waals surface area contributed by atoms with Crippen LogP contribution in [0.3, 0.4) is 0 Å². The van der Waals surface area contributed by atoms with Gasteiger partial charge in [-0.3, -0.25) is 4.79 Å². The first-order valence-electron chi connectivity index (χ1n) is 7.17. The predicted octanol–water partition coefficient (Wildman–Crippen LogP) is 2.02. The SMILES string of the molecule is O=C(NCCOc1ccccc1)[C@@H]1COc2ccccc2O1. The summed E-state index contributed by atoms with van der Waals surface area (Å²) in [5, 5.41) is 2.78. The number of hydrogen-bond donors (Lipinski definition) is 1. The van der Waals surface area contributed by atoms with Gasteiger partial charge in [0, 0.05) is 0 Å². The van der Waals surface area contributed by atoms with Gasteiger partial charge in [0.25, 0.3) is 5.91 Å². The first-order chi connectivity index (χ1) is 10.8. The lowest BCUT2D eigenvalue weighted by molar-refractivity contribution is -0.130. The van der Waals surface area contributed by atoms with E-state index in [2.05, 4.69) is 5.32 Å². The molecule has 1 atom stereocenters. The Bertz CT molecular complexity index is 630. The average Bonchev–Trinajstić information content (AvgIpc) is 2.59. The standard InChI is InChI=1S/C17H17NO4/c19-17(18-10-11-20-13-6-2-1-3-7-13)16-12-21-14-8-4-5-9-15(14)22-16/h1-9,16H,10-12H2,(H,18,19)/t16-/m0/s1. The molecule has 0 saturated carbocycles. The van der Waals surface area contributed by atoms with Crippen LogP contribution < -0.4 is 19.5 Å². The Morgan fingerprint density at radius 3 is 2.64 bits per heavy atom. The highest BCUT2D eigenvalue weighted by Crippen LogP contribution is 2.30. The normalized spacial score (nSPS) is 15.9. The molecule has 0 aliphatic carbocycles. The van der Waals surface area contributed by atoms with Crippen LogP contribution in [0.25, 0.3) is 0 Å². The van der Waals surface area contributed by atoms with E-state index < -0.39 is 6.10 Å². The monoisotopic (exact) mass is 299 g/mol. The number of para-hydroxylation sites is 3. The second-order valence-corrected chi connectivity index (χ2v) is 4.82. The van der Waals surface area contributed by atoms with Crippen LogP contribution in [0, 0.1) is 0 Å². The first-order valence-corrected chi connectivity index (χ1v) is 7.17. The van der Waals surface area contributed by atoms with Crippen LogP contribution in [0.1, 0.15) is 0 Å². The van der Waals surface area contributed by atoms with Crippen molar-refractivity contribution < 1.29 is 19.0 Å². The van der Waals surface area contributed by atoms with E-state index in [9.17, 15) is 4.79 Å². The zero-order chi connectivity index (χ0) is 15.2. The van der Waals surface area contributed by atoms with Crippen molar-refractivity contribution >= 4 is 5.91 Å². The number of carbonyl (C=O) groups excluding carboxylic acids is 1. The van der Waals surface area contributed by atoms with Crippen LogP contribution in [0.5, 0.6) is 17.2 Å². The summed E-state index contributed by atoms with van der Waals surface area (Å²) in [5.41, 5.74) is 0. The first kappa shape index (κ1) is 14.3. The van der Waals surface area contributed by atoms with Crippen molar-refractivity contribution in [2.75, 3.05) is 19.8 Å². The van der Waals surface area contributed by atoms with Crippen LogP contribution >= 0.6 is 0 Å². The molecule has 1 heterocycles. The van der Waals surface area contributed by atoms with Crippen molar-refractivity contribution in [2.24, 2.45) is 0 Å². The van der Waals surface area contributed by atoms with E-state index in [-0.39, 0.29) is 12.5 Å². The number of nitrogens with one attached hydrogen (secondary N) is 1. The molecule has 0 unspecified atom stereocenters. The van der Waals surface area contributed by atoms with Gasteiger partial charge in [-0.05, 0) is 24.3 Å². The summed E-state index contributed by atoms with van der Waals surface area (Å²) in [7, 11) is 0. The van der Waals surface area contributed by atoms with Crippen molar-refractivity contribution in [3.63, 3.8) is 0 Å². The molecule has 5 nitrogen and oxygen atoms in total. The van der Waals surface area contributed by atoms with Crippen molar-refractivity contribution in [1.82, 2.24) is 5.32 Å². The molecule has 0 saturated heterocycles. The lowest BCUT2D eigenvalue weighted by Crippen LogP contribution is -2.45. The van der Waals surface area contributed by atoms with Gasteiger partial charge in [0.1, 0.15) is 19.0 Å². The van der Waals surface area contributed by atoms with Gasteiger partial charge in [-0.15, -0.1) is 0 Å². The maximum atomic E-state index is 12.0. The Labute approximate surface area is 128 Å². The van der Waals surface area contributed by atoms with Crippen molar-refractivity contribution in [3.05, 3.63) is 54.6 Å². The minimum absolute atomic E-state index is 0.203. The third-order valence-electron chi connectivity index (χ3n) is 3.21. The lowest BCUT2D eigenvalue weighted by atomic mass is 10.2. The summed E-state index contributed by atoms with van der Waals surface area (Å²) in [4.78, 5) is 12.0. The molecule has 2 aromatic carbocycles. The quantitative estimate of drug-likeness (QED) is 0.858. The van der Waals surface area contributed by atoms with Gasteiger partial charge in [-0.25, -0.2) is 0 Å². The summed E-state index contributed by atoms with van der Waals surface area (Å²) < 4.78 is 16.7. The molecule has 0 fully saturated rings. The highest BCUT2D eigenvalue weighted by molar-refractivity contribution is 5.81. The van der Waals surface area contributed by atoms with Gasteiger partial charge in [-0.1, -0.05) is 30.3 Å². The van der Waals surface area contributed by atoms with Gasteiger partial charge in [0.05, 0.1) is 6.54 Å². The summed E-state index contributed by atoms with van der Waals surface area (Å²) >= 11 is 0. The van der Waals surface area contributed by atoms with E-state index in [1.54, 1.807) is 6.07 Å². The predicted molar refractivity (Wildman–Crippen MR) is 81.3 cm³/mol. The van der Waals surface area contributed by atoms with E-state index >= 15 is 0 Å². The summed E-state index contributed by atoms with van der Waals surface area (Å²) in [6, 6.07) is 16.8. The Morgan fingerprint density at radius 2 is 1.82 bits per heavy atom. The van der Waals surface area contributed by atoms with Crippen LogP contribution in [0.2, 0.25) is 0 Å². The third-order valence-corrected chi connectivity index (χ3v) is 3.21. The zero-order valence-corrected chi connectivity index (χ0v) is 12.0. The second kappa shape index (κ2) is 6.85. The molecule has 0 bridgehead atoms. The lowest BCUT2D eigenvalue weighted by Gasteiger charge is -2.25. The summed E-state index contributed by atoms with van der Waals surface area (Å²) in [6.45, 7) is 1.03. The van der Waals surface area contributed by atoms with E-state index in [4.69, 9.17) is 14.2 Å². The highest BCUT2D eigenvalue weighted by Gasteiger charge is 2.26. The molecule has 1 aliphatic rings. The Kier molecular flexibility index (Phi) is 4.44. The van der Waals surface area contributed by atoms with Gasteiger partial charge >= 0.3 is 0 Å². The number of rotatable bonds is 5. The molecule has 3 rings (SSSR count). The van der Waals surface area contributed by atoms with E-state index in [1.165, 1.54) is 0 Å². The van der Waals surface area contributed by atoms with Gasteiger partial charge in [0.15, 0.2) is 11.5 Å². The Morgan fingerprint density at radius 1 is 1.09 bits per heavy atom. The number of ether oxygens (including phenoxy) is 3. The van der Waals surface area contributed by atoms with E-state index in [0.29, 0.717) is 24.7 Å². The van der Waals surface area contributed by atoms with Gasteiger partial charge in [-0.2, -0.15) is 0 Å². The molecule has 114 valence electrons. The van der Waals surface area contributed by atoms with Gasteiger partial charge in [0.2, 0.25) is 6.10 Å². The van der Waals surface area contributed by atoms with Crippen LogP contribution in [0.4, 0.5) is 0 Å². The number of hydrogen-bond acceptors (Lipinski definition) is 4.